The zero-order chi connectivity index (χ0) is 12.8. The fourth-order valence-electron chi connectivity index (χ4n) is 2.15. The zero-order valence-electron chi connectivity index (χ0n) is 11.0. The van der Waals surface area contributed by atoms with E-state index in [1.54, 1.807) is 6.20 Å². The van der Waals surface area contributed by atoms with Crippen LogP contribution in [0.25, 0.3) is 0 Å². The number of nitrogens with zero attached hydrogens (tertiary/aromatic N) is 4. The van der Waals surface area contributed by atoms with Crippen molar-refractivity contribution in [2.45, 2.75) is 39.2 Å². The van der Waals surface area contributed by atoms with Gasteiger partial charge in [0.1, 0.15) is 5.82 Å². The molecule has 2 rings (SSSR count). The molecule has 18 heavy (non-hydrogen) atoms. The summed E-state index contributed by atoms with van der Waals surface area (Å²) in [6.45, 7) is 4.47. The third kappa shape index (κ3) is 3.68. The van der Waals surface area contributed by atoms with Crippen LogP contribution in [0.5, 0.6) is 0 Å². The smallest absolute Gasteiger partial charge is 0.191 e. The molecule has 0 aliphatic carbocycles. The number of rotatable bonds is 2. The molecule has 2 N–H and O–H groups in total. The number of likely N-dealkylation sites (tertiary alicyclic amines) is 1. The first-order valence-electron chi connectivity index (χ1n) is 6.59. The van der Waals surface area contributed by atoms with E-state index in [0.717, 1.165) is 24.6 Å². The van der Waals surface area contributed by atoms with Crippen LogP contribution in [0.15, 0.2) is 17.3 Å². The average molecular weight is 247 g/mol. The van der Waals surface area contributed by atoms with E-state index in [1.807, 2.05) is 13.0 Å². The molecular weight excluding hydrogens is 226 g/mol. The van der Waals surface area contributed by atoms with Gasteiger partial charge >= 0.3 is 0 Å². The SMILES string of the molecule is Cc1nccc(CN=C(N)N2CCCCCC2)n1. The molecule has 1 fully saturated rings. The van der Waals surface area contributed by atoms with Crippen molar-refractivity contribution in [3.05, 3.63) is 23.8 Å². The van der Waals surface area contributed by atoms with Crippen LogP contribution < -0.4 is 5.73 Å². The summed E-state index contributed by atoms with van der Waals surface area (Å²) in [6.07, 6.45) is 6.78. The summed E-state index contributed by atoms with van der Waals surface area (Å²) in [6, 6.07) is 1.88. The van der Waals surface area contributed by atoms with Gasteiger partial charge in [-0.2, -0.15) is 0 Å². The summed E-state index contributed by atoms with van der Waals surface area (Å²) in [5, 5.41) is 0. The topological polar surface area (TPSA) is 67.4 Å². The molecule has 0 atom stereocenters. The highest BCUT2D eigenvalue weighted by Gasteiger charge is 2.10. The largest absolute Gasteiger partial charge is 0.370 e. The van der Waals surface area contributed by atoms with Crippen molar-refractivity contribution < 1.29 is 0 Å². The number of aryl methyl sites for hydroxylation is 1. The Hall–Kier alpha value is -1.65. The first-order valence-corrected chi connectivity index (χ1v) is 6.59. The minimum absolute atomic E-state index is 0.533. The summed E-state index contributed by atoms with van der Waals surface area (Å²) in [5.41, 5.74) is 6.95. The molecule has 0 radical (unpaired) electrons. The highest BCUT2D eigenvalue weighted by molar-refractivity contribution is 5.78. The van der Waals surface area contributed by atoms with Crippen LogP contribution in [0.1, 0.15) is 37.2 Å². The molecule has 0 bridgehead atoms. The molecule has 0 saturated carbocycles. The van der Waals surface area contributed by atoms with Crippen LogP contribution in [0.4, 0.5) is 0 Å². The van der Waals surface area contributed by atoms with Gasteiger partial charge in [-0.15, -0.1) is 0 Å². The van der Waals surface area contributed by atoms with Gasteiger partial charge in [-0.1, -0.05) is 12.8 Å². The third-order valence-electron chi connectivity index (χ3n) is 3.17. The standard InChI is InChI=1S/C13H21N5/c1-11-15-7-6-12(17-11)10-16-13(14)18-8-4-2-3-5-9-18/h6-7H,2-5,8-10H2,1H3,(H2,14,16). The highest BCUT2D eigenvalue weighted by atomic mass is 15.2. The maximum Gasteiger partial charge on any atom is 0.191 e. The Morgan fingerprint density at radius 3 is 2.72 bits per heavy atom. The van der Waals surface area contributed by atoms with Gasteiger partial charge in [0, 0.05) is 19.3 Å². The first kappa shape index (κ1) is 12.8. The van der Waals surface area contributed by atoms with Crippen LogP contribution in [0.2, 0.25) is 0 Å². The fourth-order valence-corrected chi connectivity index (χ4v) is 2.15. The minimum Gasteiger partial charge on any atom is -0.370 e. The predicted molar refractivity (Wildman–Crippen MR) is 72.1 cm³/mol. The van der Waals surface area contributed by atoms with E-state index in [-0.39, 0.29) is 0 Å². The van der Waals surface area contributed by atoms with E-state index >= 15 is 0 Å². The molecule has 5 heteroatoms. The minimum atomic E-state index is 0.533. The Kier molecular flexibility index (Phi) is 4.50. The monoisotopic (exact) mass is 247 g/mol. The third-order valence-corrected chi connectivity index (χ3v) is 3.17. The van der Waals surface area contributed by atoms with Crippen LogP contribution >= 0.6 is 0 Å². The van der Waals surface area contributed by atoms with Gasteiger partial charge in [0.25, 0.3) is 0 Å². The average Bonchev–Trinajstić information content (AvgIpc) is 2.65. The second-order valence-electron chi connectivity index (χ2n) is 4.67. The molecule has 1 aromatic heterocycles. The second kappa shape index (κ2) is 6.33. The van der Waals surface area contributed by atoms with Gasteiger partial charge in [0.2, 0.25) is 0 Å². The van der Waals surface area contributed by atoms with Crippen molar-refractivity contribution in [2.24, 2.45) is 10.7 Å². The van der Waals surface area contributed by atoms with Crippen LogP contribution in [0.3, 0.4) is 0 Å². The lowest BCUT2D eigenvalue weighted by Gasteiger charge is -2.20. The van der Waals surface area contributed by atoms with E-state index in [9.17, 15) is 0 Å². The van der Waals surface area contributed by atoms with Gasteiger partial charge in [-0.25, -0.2) is 15.0 Å². The van der Waals surface area contributed by atoms with Crippen molar-refractivity contribution >= 4 is 5.96 Å². The summed E-state index contributed by atoms with van der Waals surface area (Å²) in [5.74, 6) is 1.42. The lowest BCUT2D eigenvalue weighted by atomic mass is 10.2. The van der Waals surface area contributed by atoms with Crippen LogP contribution in [-0.2, 0) is 6.54 Å². The number of nitrogens with two attached hydrogens (primary N) is 1. The van der Waals surface area contributed by atoms with Crippen molar-refractivity contribution in [3.63, 3.8) is 0 Å². The maximum absolute atomic E-state index is 6.04. The number of hydrogen-bond acceptors (Lipinski definition) is 3. The summed E-state index contributed by atoms with van der Waals surface area (Å²) in [4.78, 5) is 15.0. The molecule has 1 saturated heterocycles. The number of guanidine groups is 1. The van der Waals surface area contributed by atoms with Gasteiger partial charge in [-0.3, -0.25) is 0 Å². The van der Waals surface area contributed by atoms with Crippen molar-refractivity contribution in [1.82, 2.24) is 14.9 Å². The lowest BCUT2D eigenvalue weighted by Crippen LogP contribution is -2.38. The van der Waals surface area contributed by atoms with E-state index < -0.39 is 0 Å². The summed E-state index contributed by atoms with van der Waals surface area (Å²) >= 11 is 0. The second-order valence-corrected chi connectivity index (χ2v) is 4.67. The van der Waals surface area contributed by atoms with E-state index in [2.05, 4.69) is 19.9 Å². The Bertz CT molecular complexity index is 408. The number of aliphatic imine (C=N–C) groups is 1. The first-order chi connectivity index (χ1) is 8.75. The molecule has 1 aliphatic heterocycles. The van der Waals surface area contributed by atoms with Gasteiger partial charge in [0.05, 0.1) is 12.2 Å². The Balaban J connectivity index is 1.95. The molecular formula is C13H21N5. The summed E-state index contributed by atoms with van der Waals surface area (Å²) < 4.78 is 0. The van der Waals surface area contributed by atoms with E-state index in [0.29, 0.717) is 12.5 Å². The normalized spacial score (nSPS) is 17.6. The van der Waals surface area contributed by atoms with Gasteiger partial charge < -0.3 is 10.6 Å². The van der Waals surface area contributed by atoms with Crippen LogP contribution in [-0.4, -0.2) is 33.9 Å². The van der Waals surface area contributed by atoms with Gasteiger partial charge in [-0.05, 0) is 25.8 Å². The van der Waals surface area contributed by atoms with Crippen LogP contribution in [0, 0.1) is 6.92 Å². The quantitative estimate of drug-likeness (QED) is 0.635. The molecule has 0 unspecified atom stereocenters. The van der Waals surface area contributed by atoms with Crippen molar-refractivity contribution in [1.29, 1.82) is 0 Å². The van der Waals surface area contributed by atoms with Crippen molar-refractivity contribution in [3.8, 4) is 0 Å². The predicted octanol–water partition coefficient (Wildman–Crippen LogP) is 1.48. The van der Waals surface area contributed by atoms with Gasteiger partial charge in [0.15, 0.2) is 5.96 Å². The molecule has 0 spiro atoms. The Morgan fingerprint density at radius 1 is 1.33 bits per heavy atom. The number of aromatic nitrogens is 2. The molecule has 2 heterocycles. The molecule has 5 nitrogen and oxygen atoms in total. The number of hydrogen-bond donors (Lipinski definition) is 1. The van der Waals surface area contributed by atoms with E-state index in [1.165, 1.54) is 25.7 Å². The fraction of sp³-hybridized carbons (Fsp3) is 0.615. The van der Waals surface area contributed by atoms with Crippen molar-refractivity contribution in [2.75, 3.05) is 13.1 Å². The maximum atomic E-state index is 6.04. The zero-order valence-corrected chi connectivity index (χ0v) is 11.0. The lowest BCUT2D eigenvalue weighted by molar-refractivity contribution is 0.428. The van der Waals surface area contributed by atoms with E-state index in [4.69, 9.17) is 5.73 Å². The molecule has 1 aromatic rings. The highest BCUT2D eigenvalue weighted by Crippen LogP contribution is 2.09. The Labute approximate surface area is 108 Å². The summed E-state index contributed by atoms with van der Waals surface area (Å²) in [7, 11) is 0. The molecule has 98 valence electrons. The Morgan fingerprint density at radius 2 is 2.06 bits per heavy atom. The molecule has 0 amide bonds. The molecule has 0 aromatic carbocycles. The molecule has 1 aliphatic rings.